The van der Waals surface area contributed by atoms with Crippen LogP contribution < -0.4 is 10.6 Å². The van der Waals surface area contributed by atoms with E-state index in [0.29, 0.717) is 16.8 Å². The van der Waals surface area contributed by atoms with E-state index < -0.39 is 5.91 Å². The van der Waals surface area contributed by atoms with Gasteiger partial charge in [-0.1, -0.05) is 11.6 Å². The van der Waals surface area contributed by atoms with Gasteiger partial charge < -0.3 is 15.7 Å². The largest absolute Gasteiger partial charge is 0.508 e. The van der Waals surface area contributed by atoms with Crippen LogP contribution in [-0.2, 0) is 0 Å². The van der Waals surface area contributed by atoms with Crippen LogP contribution in [0.15, 0.2) is 36.4 Å². The quantitative estimate of drug-likeness (QED) is 0.769. The van der Waals surface area contributed by atoms with Crippen molar-refractivity contribution in [3.63, 3.8) is 0 Å². The molecular formula is C19H21ClN2O3. The van der Waals surface area contributed by atoms with E-state index in [0.717, 1.165) is 5.56 Å². The minimum atomic E-state index is -0.396. The maximum atomic E-state index is 12.3. The molecule has 0 bridgehead atoms. The van der Waals surface area contributed by atoms with E-state index in [4.69, 9.17) is 11.6 Å². The molecule has 2 amide bonds. The Morgan fingerprint density at radius 2 is 1.68 bits per heavy atom. The maximum Gasteiger partial charge on any atom is 0.255 e. The number of anilines is 1. The second-order valence-corrected chi connectivity index (χ2v) is 7.32. The number of amides is 2. The van der Waals surface area contributed by atoms with Crippen LogP contribution in [0.3, 0.4) is 0 Å². The molecule has 0 aliphatic rings. The number of carbonyl (C=O) groups is 2. The van der Waals surface area contributed by atoms with Crippen LogP contribution >= 0.6 is 11.6 Å². The standard InChI is InChI=1S/C19H21ClN2O3/c1-11-7-13(9-14(23)8-11)17(24)21-16-6-5-12(10-15(16)20)18(25)22-19(2,3)4/h5-10,23H,1-4H3,(H,21,24)(H,22,25). The first-order valence-electron chi connectivity index (χ1n) is 7.79. The van der Waals surface area contributed by atoms with Crippen LogP contribution in [0.5, 0.6) is 5.75 Å². The van der Waals surface area contributed by atoms with E-state index in [2.05, 4.69) is 10.6 Å². The van der Waals surface area contributed by atoms with Crippen LogP contribution in [0.4, 0.5) is 5.69 Å². The highest BCUT2D eigenvalue weighted by Gasteiger charge is 2.17. The monoisotopic (exact) mass is 360 g/mol. The summed E-state index contributed by atoms with van der Waals surface area (Å²) < 4.78 is 0. The van der Waals surface area contributed by atoms with Crippen molar-refractivity contribution in [1.82, 2.24) is 5.32 Å². The van der Waals surface area contributed by atoms with Gasteiger partial charge in [-0.05, 0) is 69.7 Å². The Bertz CT molecular complexity index is 806. The predicted octanol–water partition coefficient (Wildman–Crippen LogP) is 4.13. The fraction of sp³-hybridized carbons (Fsp3) is 0.263. The second-order valence-electron chi connectivity index (χ2n) is 6.91. The fourth-order valence-corrected chi connectivity index (χ4v) is 2.49. The number of benzene rings is 2. The lowest BCUT2D eigenvalue weighted by atomic mass is 10.1. The Morgan fingerprint density at radius 1 is 1.00 bits per heavy atom. The van der Waals surface area contributed by atoms with Crippen molar-refractivity contribution >= 4 is 29.1 Å². The minimum absolute atomic E-state index is 0.0189. The smallest absolute Gasteiger partial charge is 0.255 e. The zero-order chi connectivity index (χ0) is 18.8. The Morgan fingerprint density at radius 3 is 2.24 bits per heavy atom. The zero-order valence-electron chi connectivity index (χ0n) is 14.6. The Hall–Kier alpha value is -2.53. The molecule has 132 valence electrons. The lowest BCUT2D eigenvalue weighted by Gasteiger charge is -2.20. The number of carbonyl (C=O) groups excluding carboxylic acids is 2. The summed E-state index contributed by atoms with van der Waals surface area (Å²) in [5.74, 6) is -0.617. The SMILES string of the molecule is Cc1cc(O)cc(C(=O)Nc2ccc(C(=O)NC(C)(C)C)cc2Cl)c1. The molecule has 0 unspecified atom stereocenters. The van der Waals surface area contributed by atoms with Crippen LogP contribution in [-0.4, -0.2) is 22.5 Å². The number of rotatable bonds is 3. The van der Waals surface area contributed by atoms with Crippen molar-refractivity contribution in [2.24, 2.45) is 0 Å². The third kappa shape index (κ3) is 5.22. The molecule has 0 atom stereocenters. The lowest BCUT2D eigenvalue weighted by Crippen LogP contribution is -2.40. The number of nitrogens with one attached hydrogen (secondary N) is 2. The van der Waals surface area contributed by atoms with Crippen LogP contribution in [0.25, 0.3) is 0 Å². The summed E-state index contributed by atoms with van der Waals surface area (Å²) in [5, 5.41) is 15.4. The molecule has 25 heavy (non-hydrogen) atoms. The van der Waals surface area contributed by atoms with E-state index >= 15 is 0 Å². The van der Waals surface area contributed by atoms with Crippen molar-refractivity contribution in [3.8, 4) is 5.75 Å². The van der Waals surface area contributed by atoms with E-state index in [1.54, 1.807) is 31.2 Å². The van der Waals surface area contributed by atoms with Gasteiger partial charge in [-0.15, -0.1) is 0 Å². The van der Waals surface area contributed by atoms with Crippen LogP contribution in [0.2, 0.25) is 5.02 Å². The molecule has 0 radical (unpaired) electrons. The predicted molar refractivity (Wildman–Crippen MR) is 99.5 cm³/mol. The fourth-order valence-electron chi connectivity index (χ4n) is 2.26. The van der Waals surface area contributed by atoms with Gasteiger partial charge in [0.2, 0.25) is 0 Å². The zero-order valence-corrected chi connectivity index (χ0v) is 15.4. The minimum Gasteiger partial charge on any atom is -0.508 e. The number of hydrogen-bond acceptors (Lipinski definition) is 3. The average Bonchev–Trinajstić information content (AvgIpc) is 2.46. The summed E-state index contributed by atoms with van der Waals surface area (Å²) in [6.45, 7) is 7.45. The molecule has 0 fully saturated rings. The highest BCUT2D eigenvalue weighted by atomic mass is 35.5. The maximum absolute atomic E-state index is 12.3. The van der Waals surface area contributed by atoms with Gasteiger partial charge in [-0.25, -0.2) is 0 Å². The van der Waals surface area contributed by atoms with Gasteiger partial charge in [0.25, 0.3) is 11.8 Å². The van der Waals surface area contributed by atoms with Gasteiger partial charge in [0.05, 0.1) is 10.7 Å². The molecule has 0 heterocycles. The first-order valence-corrected chi connectivity index (χ1v) is 8.17. The van der Waals surface area contributed by atoms with Crippen molar-refractivity contribution < 1.29 is 14.7 Å². The third-order valence-corrected chi connectivity index (χ3v) is 3.61. The van der Waals surface area contributed by atoms with E-state index in [9.17, 15) is 14.7 Å². The molecule has 5 nitrogen and oxygen atoms in total. The normalized spacial score (nSPS) is 11.1. The molecule has 2 aromatic carbocycles. The van der Waals surface area contributed by atoms with Crippen molar-refractivity contribution in [1.29, 1.82) is 0 Å². The molecule has 3 N–H and O–H groups in total. The Kier molecular flexibility index (Phi) is 5.38. The van der Waals surface area contributed by atoms with E-state index in [-0.39, 0.29) is 22.2 Å². The van der Waals surface area contributed by atoms with Gasteiger partial charge >= 0.3 is 0 Å². The summed E-state index contributed by atoms with van der Waals surface area (Å²) in [6, 6.07) is 9.28. The van der Waals surface area contributed by atoms with Crippen LogP contribution in [0.1, 0.15) is 47.1 Å². The van der Waals surface area contributed by atoms with Crippen LogP contribution in [0, 0.1) is 6.92 Å². The number of aromatic hydroxyl groups is 1. The van der Waals surface area contributed by atoms with Crippen molar-refractivity contribution in [2.75, 3.05) is 5.32 Å². The van der Waals surface area contributed by atoms with Gasteiger partial charge in [-0.2, -0.15) is 0 Å². The molecule has 0 spiro atoms. The molecular weight excluding hydrogens is 340 g/mol. The number of halogens is 1. The molecule has 2 aromatic rings. The van der Waals surface area contributed by atoms with Crippen molar-refractivity contribution in [3.05, 3.63) is 58.1 Å². The van der Waals surface area contributed by atoms with Gasteiger partial charge in [-0.3, -0.25) is 9.59 Å². The third-order valence-electron chi connectivity index (χ3n) is 3.29. The molecule has 0 saturated carbocycles. The summed E-state index contributed by atoms with van der Waals surface area (Å²) in [4.78, 5) is 24.5. The van der Waals surface area contributed by atoms with Gasteiger partial charge in [0.1, 0.15) is 5.75 Å². The highest BCUT2D eigenvalue weighted by Crippen LogP contribution is 2.25. The summed E-state index contributed by atoms with van der Waals surface area (Å²) in [6.07, 6.45) is 0. The van der Waals surface area contributed by atoms with Crippen molar-refractivity contribution in [2.45, 2.75) is 33.2 Å². The molecule has 0 aliphatic carbocycles. The van der Waals surface area contributed by atoms with E-state index in [1.165, 1.54) is 12.1 Å². The molecule has 2 rings (SSSR count). The first kappa shape index (κ1) is 18.8. The molecule has 0 saturated heterocycles. The summed E-state index contributed by atoms with van der Waals surface area (Å²) >= 11 is 6.19. The Balaban J connectivity index is 2.18. The molecule has 0 aliphatic heterocycles. The first-order chi connectivity index (χ1) is 11.5. The summed E-state index contributed by atoms with van der Waals surface area (Å²) in [5.41, 5.74) is 1.53. The number of phenols is 1. The van der Waals surface area contributed by atoms with Gasteiger partial charge in [0.15, 0.2) is 0 Å². The Labute approximate surface area is 152 Å². The number of aryl methyl sites for hydroxylation is 1. The molecule has 0 aromatic heterocycles. The van der Waals surface area contributed by atoms with E-state index in [1.807, 2.05) is 20.8 Å². The summed E-state index contributed by atoms with van der Waals surface area (Å²) in [7, 11) is 0. The average molecular weight is 361 g/mol. The number of phenolic OH excluding ortho intramolecular Hbond substituents is 1. The number of hydrogen-bond donors (Lipinski definition) is 3. The second kappa shape index (κ2) is 7.15. The lowest BCUT2D eigenvalue weighted by molar-refractivity contribution is 0.0919. The topological polar surface area (TPSA) is 78.4 Å². The molecule has 6 heteroatoms. The highest BCUT2D eigenvalue weighted by molar-refractivity contribution is 6.34. The van der Waals surface area contributed by atoms with Gasteiger partial charge in [0, 0.05) is 16.7 Å².